The van der Waals surface area contributed by atoms with Gasteiger partial charge in [-0.25, -0.2) is 4.39 Å². The molecule has 16 heavy (non-hydrogen) atoms. The van der Waals surface area contributed by atoms with Gasteiger partial charge in [-0.3, -0.25) is 0 Å². The SMILES string of the molecule is C[C@H](N)c1ccc(OC2CCCC2)cc1F. The molecular formula is C13H18FNO. The topological polar surface area (TPSA) is 35.2 Å². The third-order valence-electron chi connectivity index (χ3n) is 3.07. The first kappa shape index (κ1) is 11.4. The van der Waals surface area contributed by atoms with E-state index in [0.717, 1.165) is 12.8 Å². The molecule has 1 fully saturated rings. The second kappa shape index (κ2) is 4.83. The van der Waals surface area contributed by atoms with E-state index in [9.17, 15) is 4.39 Å². The maximum atomic E-state index is 13.6. The molecule has 0 bridgehead atoms. The molecule has 0 aliphatic heterocycles. The number of benzene rings is 1. The van der Waals surface area contributed by atoms with Gasteiger partial charge in [-0.1, -0.05) is 6.07 Å². The highest BCUT2D eigenvalue weighted by Gasteiger charge is 2.17. The zero-order valence-corrected chi connectivity index (χ0v) is 9.58. The first-order valence-corrected chi connectivity index (χ1v) is 5.88. The lowest BCUT2D eigenvalue weighted by Gasteiger charge is -2.14. The first-order valence-electron chi connectivity index (χ1n) is 5.88. The lowest BCUT2D eigenvalue weighted by Crippen LogP contribution is -2.12. The molecule has 1 saturated carbocycles. The van der Waals surface area contributed by atoms with Crippen molar-refractivity contribution >= 4 is 0 Å². The zero-order chi connectivity index (χ0) is 11.5. The van der Waals surface area contributed by atoms with Crippen LogP contribution in [0.2, 0.25) is 0 Å². The van der Waals surface area contributed by atoms with Crippen LogP contribution in [0, 0.1) is 5.82 Å². The quantitative estimate of drug-likeness (QED) is 0.854. The molecular weight excluding hydrogens is 205 g/mol. The summed E-state index contributed by atoms with van der Waals surface area (Å²) in [5.41, 5.74) is 6.19. The van der Waals surface area contributed by atoms with Crippen molar-refractivity contribution in [3.8, 4) is 5.75 Å². The van der Waals surface area contributed by atoms with E-state index < -0.39 is 0 Å². The van der Waals surface area contributed by atoms with E-state index in [1.54, 1.807) is 19.1 Å². The van der Waals surface area contributed by atoms with Crippen molar-refractivity contribution < 1.29 is 9.13 Å². The van der Waals surface area contributed by atoms with E-state index in [0.29, 0.717) is 11.3 Å². The van der Waals surface area contributed by atoms with E-state index in [2.05, 4.69) is 0 Å². The van der Waals surface area contributed by atoms with Crippen molar-refractivity contribution in [3.05, 3.63) is 29.6 Å². The highest BCUT2D eigenvalue weighted by Crippen LogP contribution is 2.26. The molecule has 0 saturated heterocycles. The Hall–Kier alpha value is -1.09. The van der Waals surface area contributed by atoms with Gasteiger partial charge in [0.1, 0.15) is 11.6 Å². The summed E-state index contributed by atoms with van der Waals surface area (Å²) in [5, 5.41) is 0. The molecule has 0 spiro atoms. The predicted molar refractivity (Wildman–Crippen MR) is 61.9 cm³/mol. The van der Waals surface area contributed by atoms with Crippen LogP contribution in [0.25, 0.3) is 0 Å². The Kier molecular flexibility index (Phi) is 3.44. The van der Waals surface area contributed by atoms with Gasteiger partial charge in [0.15, 0.2) is 0 Å². The van der Waals surface area contributed by atoms with Crippen LogP contribution in [0.1, 0.15) is 44.2 Å². The van der Waals surface area contributed by atoms with Crippen molar-refractivity contribution in [2.75, 3.05) is 0 Å². The fourth-order valence-electron chi connectivity index (χ4n) is 2.15. The standard InChI is InChI=1S/C13H18FNO/c1-9(15)12-7-6-11(8-13(12)14)16-10-4-2-3-5-10/h6-10H,2-5,15H2,1H3/t9-/m0/s1. The fraction of sp³-hybridized carbons (Fsp3) is 0.538. The lowest BCUT2D eigenvalue weighted by molar-refractivity contribution is 0.209. The van der Waals surface area contributed by atoms with Crippen molar-refractivity contribution in [2.45, 2.75) is 44.8 Å². The molecule has 0 amide bonds. The van der Waals surface area contributed by atoms with Gasteiger partial charge in [-0.05, 0) is 38.7 Å². The van der Waals surface area contributed by atoms with Gasteiger partial charge in [0.25, 0.3) is 0 Å². The largest absolute Gasteiger partial charge is 0.490 e. The van der Waals surface area contributed by atoms with Crippen LogP contribution in [-0.4, -0.2) is 6.10 Å². The summed E-state index contributed by atoms with van der Waals surface area (Å²) >= 11 is 0. The van der Waals surface area contributed by atoms with E-state index in [-0.39, 0.29) is 18.0 Å². The Bertz CT molecular complexity index is 359. The maximum Gasteiger partial charge on any atom is 0.131 e. The molecule has 0 aromatic heterocycles. The van der Waals surface area contributed by atoms with Crippen molar-refractivity contribution in [1.29, 1.82) is 0 Å². The molecule has 3 heteroatoms. The van der Waals surface area contributed by atoms with Gasteiger partial charge in [-0.15, -0.1) is 0 Å². The second-order valence-electron chi connectivity index (χ2n) is 4.50. The molecule has 2 N–H and O–H groups in total. The summed E-state index contributed by atoms with van der Waals surface area (Å²) in [6, 6.07) is 4.68. The highest BCUT2D eigenvalue weighted by atomic mass is 19.1. The van der Waals surface area contributed by atoms with Crippen molar-refractivity contribution in [3.63, 3.8) is 0 Å². The van der Waals surface area contributed by atoms with Gasteiger partial charge in [0, 0.05) is 17.7 Å². The molecule has 1 aliphatic rings. The Balaban J connectivity index is 2.08. The van der Waals surface area contributed by atoms with E-state index in [1.165, 1.54) is 18.9 Å². The van der Waals surface area contributed by atoms with Crippen LogP contribution in [0.4, 0.5) is 4.39 Å². The van der Waals surface area contributed by atoms with Crippen LogP contribution in [-0.2, 0) is 0 Å². The summed E-state index contributed by atoms with van der Waals surface area (Å²) in [6.45, 7) is 1.77. The summed E-state index contributed by atoms with van der Waals surface area (Å²) < 4.78 is 19.3. The molecule has 0 radical (unpaired) electrons. The molecule has 88 valence electrons. The third-order valence-corrected chi connectivity index (χ3v) is 3.07. The fourth-order valence-corrected chi connectivity index (χ4v) is 2.15. The van der Waals surface area contributed by atoms with E-state index in [4.69, 9.17) is 10.5 Å². The predicted octanol–water partition coefficient (Wildman–Crippen LogP) is 3.17. The monoisotopic (exact) mass is 223 g/mol. The molecule has 2 rings (SSSR count). The van der Waals surface area contributed by atoms with Crippen molar-refractivity contribution in [1.82, 2.24) is 0 Å². The van der Waals surface area contributed by atoms with Crippen LogP contribution >= 0.6 is 0 Å². The minimum atomic E-state index is -0.277. The summed E-state index contributed by atoms with van der Waals surface area (Å²) in [5.74, 6) is 0.347. The van der Waals surface area contributed by atoms with E-state index in [1.807, 2.05) is 0 Å². The third kappa shape index (κ3) is 2.53. The van der Waals surface area contributed by atoms with E-state index >= 15 is 0 Å². The second-order valence-corrected chi connectivity index (χ2v) is 4.50. The zero-order valence-electron chi connectivity index (χ0n) is 9.58. The Morgan fingerprint density at radius 1 is 1.38 bits per heavy atom. The Labute approximate surface area is 95.6 Å². The smallest absolute Gasteiger partial charge is 0.131 e. The molecule has 0 heterocycles. The Morgan fingerprint density at radius 3 is 2.62 bits per heavy atom. The molecule has 1 aliphatic carbocycles. The number of hydrogen-bond donors (Lipinski definition) is 1. The molecule has 0 unspecified atom stereocenters. The molecule has 1 aromatic rings. The number of ether oxygens (including phenoxy) is 1. The van der Waals surface area contributed by atoms with Gasteiger partial charge in [-0.2, -0.15) is 0 Å². The molecule has 1 atom stereocenters. The van der Waals surface area contributed by atoms with Gasteiger partial charge < -0.3 is 10.5 Å². The average molecular weight is 223 g/mol. The normalized spacial score (nSPS) is 18.7. The lowest BCUT2D eigenvalue weighted by atomic mass is 10.1. The summed E-state index contributed by atoms with van der Waals surface area (Å²) in [7, 11) is 0. The van der Waals surface area contributed by atoms with Crippen LogP contribution in [0.5, 0.6) is 5.75 Å². The van der Waals surface area contributed by atoms with Gasteiger partial charge >= 0.3 is 0 Å². The molecule has 1 aromatic carbocycles. The molecule has 2 nitrogen and oxygen atoms in total. The van der Waals surface area contributed by atoms with Crippen molar-refractivity contribution in [2.24, 2.45) is 5.73 Å². The number of halogens is 1. The highest BCUT2D eigenvalue weighted by molar-refractivity contribution is 5.30. The summed E-state index contributed by atoms with van der Waals surface area (Å²) in [6.07, 6.45) is 4.85. The minimum absolute atomic E-state index is 0.264. The Morgan fingerprint density at radius 2 is 2.06 bits per heavy atom. The maximum absolute atomic E-state index is 13.6. The number of nitrogens with two attached hydrogens (primary N) is 1. The number of rotatable bonds is 3. The van der Waals surface area contributed by atoms with Crippen LogP contribution in [0.15, 0.2) is 18.2 Å². The van der Waals surface area contributed by atoms with Crippen LogP contribution < -0.4 is 10.5 Å². The number of hydrogen-bond acceptors (Lipinski definition) is 2. The van der Waals surface area contributed by atoms with Gasteiger partial charge in [0.05, 0.1) is 6.10 Å². The van der Waals surface area contributed by atoms with Gasteiger partial charge in [0.2, 0.25) is 0 Å². The first-order chi connectivity index (χ1) is 7.66. The average Bonchev–Trinajstić information content (AvgIpc) is 2.70. The van der Waals surface area contributed by atoms with Crippen LogP contribution in [0.3, 0.4) is 0 Å². The minimum Gasteiger partial charge on any atom is -0.490 e. The summed E-state index contributed by atoms with van der Waals surface area (Å²) in [4.78, 5) is 0.